The zero-order chi connectivity index (χ0) is 50.2. The van der Waals surface area contributed by atoms with Crippen molar-refractivity contribution in [2.24, 2.45) is 0 Å². The Hall–Kier alpha value is -9.33. The molecule has 13 aromatic rings. The molecule has 0 fully saturated rings. The van der Waals surface area contributed by atoms with Gasteiger partial charge in [-0.15, -0.1) is 0 Å². The standard InChI is InChI=1S/C72H50N2Si2/c1-4-22-57(23-5-1)75(58-24-6-2-7-25-58)69-36-17-14-33-65(69)66-48-47-56(50-72(66)75)73(54-43-45-55(46-44-54)74-67-34-15-10-29-61(67)62-30-11-16-35-68(62)74)53-41-39-51(40-42-53)52-21-20-28-60(49-52)76(59-26-8-3-9-27-59)70-37-18-12-31-63(70)64-32-13-19-38-71(64)76/h1-50H. The minimum atomic E-state index is -2.77. The summed E-state index contributed by atoms with van der Waals surface area (Å²) < 4.78 is 2.40. The van der Waals surface area contributed by atoms with E-state index in [2.05, 4.69) is 313 Å². The van der Waals surface area contributed by atoms with Gasteiger partial charge in [0.05, 0.1) is 11.0 Å². The zero-order valence-corrected chi connectivity index (χ0v) is 43.8. The molecule has 1 aromatic heterocycles. The van der Waals surface area contributed by atoms with Crippen LogP contribution < -0.4 is 46.4 Å². The van der Waals surface area contributed by atoms with Gasteiger partial charge in [0.1, 0.15) is 0 Å². The van der Waals surface area contributed by atoms with Gasteiger partial charge in [-0.1, -0.05) is 243 Å². The van der Waals surface area contributed by atoms with Crippen LogP contribution in [0.2, 0.25) is 0 Å². The van der Waals surface area contributed by atoms with Crippen LogP contribution in [-0.2, 0) is 0 Å². The van der Waals surface area contributed by atoms with Crippen LogP contribution in [0, 0.1) is 0 Å². The minimum Gasteiger partial charge on any atom is -0.311 e. The third-order valence-corrected chi connectivity index (χ3v) is 26.3. The summed E-state index contributed by atoms with van der Waals surface area (Å²) in [7, 11) is -5.44. The lowest BCUT2D eigenvalue weighted by atomic mass is 10.0. The molecule has 76 heavy (non-hydrogen) atoms. The van der Waals surface area contributed by atoms with Crippen molar-refractivity contribution in [1.82, 2.24) is 4.57 Å². The molecule has 0 bridgehead atoms. The molecule has 0 unspecified atom stereocenters. The van der Waals surface area contributed by atoms with Crippen LogP contribution in [0.5, 0.6) is 0 Å². The predicted molar refractivity (Wildman–Crippen MR) is 326 cm³/mol. The number of anilines is 3. The molecular weight excluding hydrogens is 949 g/mol. The molecule has 356 valence electrons. The lowest BCUT2D eigenvalue weighted by Crippen LogP contribution is -2.72. The number of rotatable bonds is 9. The Labute approximate surface area is 445 Å². The lowest BCUT2D eigenvalue weighted by Gasteiger charge is -2.33. The van der Waals surface area contributed by atoms with Gasteiger partial charge in [0.25, 0.3) is 0 Å². The number of para-hydroxylation sites is 2. The molecule has 0 saturated carbocycles. The van der Waals surface area contributed by atoms with E-state index < -0.39 is 16.1 Å². The van der Waals surface area contributed by atoms with E-state index in [0.717, 1.165) is 22.7 Å². The third kappa shape index (κ3) is 6.51. The van der Waals surface area contributed by atoms with Gasteiger partial charge in [0.15, 0.2) is 16.1 Å². The normalized spacial score (nSPS) is 13.5. The van der Waals surface area contributed by atoms with Gasteiger partial charge in [-0.25, -0.2) is 0 Å². The van der Waals surface area contributed by atoms with Crippen molar-refractivity contribution in [3.8, 4) is 39.1 Å². The number of nitrogens with zero attached hydrogens (tertiary/aromatic N) is 2. The van der Waals surface area contributed by atoms with Crippen molar-refractivity contribution >= 4 is 96.5 Å². The predicted octanol–water partition coefficient (Wildman–Crippen LogP) is 12.6. The summed E-state index contributed by atoms with van der Waals surface area (Å²) in [5.74, 6) is 0. The maximum Gasteiger partial charge on any atom is 0.180 e. The molecule has 0 spiro atoms. The van der Waals surface area contributed by atoms with Gasteiger partial charge < -0.3 is 9.47 Å². The summed E-state index contributed by atoms with van der Waals surface area (Å²) in [6.45, 7) is 0. The number of aromatic nitrogens is 1. The average molecular weight is 999 g/mol. The molecule has 0 atom stereocenters. The Balaban J connectivity index is 0.898. The number of hydrogen-bond acceptors (Lipinski definition) is 1. The number of fused-ring (bicyclic) bond motifs is 9. The highest BCUT2D eigenvalue weighted by atomic mass is 28.3. The molecule has 0 N–H and O–H groups in total. The Morgan fingerprint density at radius 3 is 1.16 bits per heavy atom. The molecule has 0 saturated heterocycles. The summed E-state index contributed by atoms with van der Waals surface area (Å²) in [4.78, 5) is 2.47. The Bertz CT molecular complexity index is 4200. The molecule has 0 amide bonds. The quantitative estimate of drug-likeness (QED) is 0.131. The van der Waals surface area contributed by atoms with Crippen molar-refractivity contribution in [3.63, 3.8) is 0 Å². The molecular formula is C72H50N2Si2. The van der Waals surface area contributed by atoms with Crippen molar-refractivity contribution in [1.29, 1.82) is 0 Å². The highest BCUT2D eigenvalue weighted by Crippen LogP contribution is 2.40. The van der Waals surface area contributed by atoms with Gasteiger partial charge in [-0.05, 0) is 136 Å². The number of benzene rings is 12. The van der Waals surface area contributed by atoms with Crippen LogP contribution in [0.15, 0.2) is 303 Å². The van der Waals surface area contributed by atoms with Crippen LogP contribution >= 0.6 is 0 Å². The molecule has 4 heteroatoms. The van der Waals surface area contributed by atoms with Crippen LogP contribution in [0.1, 0.15) is 0 Å². The number of hydrogen-bond donors (Lipinski definition) is 0. The first-order valence-corrected chi connectivity index (χ1v) is 30.4. The Morgan fingerprint density at radius 2 is 0.645 bits per heavy atom. The first-order valence-electron chi connectivity index (χ1n) is 26.4. The van der Waals surface area contributed by atoms with E-state index >= 15 is 0 Å². The summed E-state index contributed by atoms with van der Waals surface area (Å²) in [5.41, 5.74) is 14.6. The van der Waals surface area contributed by atoms with Gasteiger partial charge in [0.2, 0.25) is 0 Å². The van der Waals surface area contributed by atoms with Crippen molar-refractivity contribution < 1.29 is 0 Å². The highest BCUT2D eigenvalue weighted by molar-refractivity contribution is 7.23. The second-order valence-electron chi connectivity index (χ2n) is 20.3. The fraction of sp³-hybridized carbons (Fsp3) is 0. The smallest absolute Gasteiger partial charge is 0.180 e. The third-order valence-electron chi connectivity index (χ3n) is 16.6. The fourth-order valence-electron chi connectivity index (χ4n) is 13.4. The van der Waals surface area contributed by atoms with E-state index in [0.29, 0.717) is 0 Å². The Kier molecular flexibility index (Phi) is 10.3. The zero-order valence-electron chi connectivity index (χ0n) is 41.8. The fourth-order valence-corrected chi connectivity index (χ4v) is 23.8. The van der Waals surface area contributed by atoms with E-state index in [-0.39, 0.29) is 0 Å². The largest absolute Gasteiger partial charge is 0.311 e. The molecule has 2 nitrogen and oxygen atoms in total. The summed E-state index contributed by atoms with van der Waals surface area (Å²) in [6, 6.07) is 114. The minimum absolute atomic E-state index is 1.09. The van der Waals surface area contributed by atoms with Crippen LogP contribution in [0.4, 0.5) is 17.1 Å². The van der Waals surface area contributed by atoms with Crippen molar-refractivity contribution in [2.75, 3.05) is 4.90 Å². The molecule has 0 radical (unpaired) electrons. The first kappa shape index (κ1) is 44.2. The highest BCUT2D eigenvalue weighted by Gasteiger charge is 2.50. The van der Waals surface area contributed by atoms with Gasteiger partial charge in [-0.2, -0.15) is 0 Å². The second kappa shape index (κ2) is 17.7. The van der Waals surface area contributed by atoms with E-state index in [1.165, 1.54) is 96.7 Å². The van der Waals surface area contributed by atoms with Crippen molar-refractivity contribution in [2.45, 2.75) is 0 Å². The SMILES string of the molecule is c1ccc([Si]2(c3cccc(-c4ccc(N(c5ccc(-n6c7ccccc7c7ccccc76)cc5)c5ccc6c(c5)[Si](c5ccccc5)(c5ccccc5)c5ccccc5-6)cc4)c3)c3ccccc3-c3ccccc32)cc1. The van der Waals surface area contributed by atoms with Gasteiger partial charge in [-0.3, -0.25) is 0 Å². The molecule has 2 aliphatic heterocycles. The van der Waals surface area contributed by atoms with E-state index in [4.69, 9.17) is 0 Å². The Morgan fingerprint density at radius 1 is 0.250 bits per heavy atom. The lowest BCUT2D eigenvalue weighted by molar-refractivity contribution is 1.17. The monoisotopic (exact) mass is 998 g/mol. The topological polar surface area (TPSA) is 8.17 Å². The molecule has 15 rings (SSSR count). The van der Waals surface area contributed by atoms with Crippen LogP contribution in [-0.4, -0.2) is 20.7 Å². The molecule has 0 aliphatic carbocycles. The summed E-state index contributed by atoms with van der Waals surface area (Å²) in [6.07, 6.45) is 0. The molecule has 12 aromatic carbocycles. The molecule has 2 aliphatic rings. The van der Waals surface area contributed by atoms with Gasteiger partial charge in [0, 0.05) is 33.5 Å². The van der Waals surface area contributed by atoms with Gasteiger partial charge >= 0.3 is 0 Å². The maximum absolute atomic E-state index is 2.77. The van der Waals surface area contributed by atoms with E-state index in [1.54, 1.807) is 0 Å². The summed E-state index contributed by atoms with van der Waals surface area (Å²) in [5, 5.41) is 13.9. The van der Waals surface area contributed by atoms with Crippen molar-refractivity contribution in [3.05, 3.63) is 303 Å². The molecule has 3 heterocycles. The van der Waals surface area contributed by atoms with Crippen LogP contribution in [0.25, 0.3) is 60.9 Å². The maximum atomic E-state index is 2.53. The second-order valence-corrected chi connectivity index (χ2v) is 27.8. The summed E-state index contributed by atoms with van der Waals surface area (Å²) >= 11 is 0. The van der Waals surface area contributed by atoms with E-state index in [1.807, 2.05) is 0 Å². The average Bonchev–Trinajstić information content (AvgIpc) is 4.17. The van der Waals surface area contributed by atoms with E-state index in [9.17, 15) is 0 Å². The van der Waals surface area contributed by atoms with Crippen LogP contribution in [0.3, 0.4) is 0 Å². The first-order chi connectivity index (χ1) is 37.7.